The van der Waals surface area contributed by atoms with Crippen LogP contribution in [0.5, 0.6) is 5.75 Å². The van der Waals surface area contributed by atoms with Crippen LogP contribution in [0.3, 0.4) is 0 Å². The molecule has 150 valence electrons. The molecule has 0 saturated heterocycles. The normalized spacial score (nSPS) is 11.7. The van der Waals surface area contributed by atoms with E-state index >= 15 is 0 Å². The zero-order valence-corrected chi connectivity index (χ0v) is 18.0. The number of halogens is 3. The second-order valence-electron chi connectivity index (χ2n) is 5.80. The number of carbonyl (C=O) groups is 1. The molecule has 0 amide bonds. The van der Waals surface area contributed by atoms with E-state index in [9.17, 15) is 15.0 Å². The summed E-state index contributed by atoms with van der Waals surface area (Å²) in [6.07, 6.45) is 1.29. The fourth-order valence-electron chi connectivity index (χ4n) is 2.53. The zero-order chi connectivity index (χ0) is 21.1. The minimum absolute atomic E-state index is 0.0280. The third-order valence-corrected chi connectivity index (χ3v) is 5.65. The predicted molar refractivity (Wildman–Crippen MR) is 116 cm³/mol. The molecule has 0 spiro atoms. The van der Waals surface area contributed by atoms with E-state index in [1.54, 1.807) is 16.7 Å². The molecular weight excluding hydrogens is 457 g/mol. The van der Waals surface area contributed by atoms with Crippen LogP contribution in [0.2, 0.25) is 15.1 Å². The summed E-state index contributed by atoms with van der Waals surface area (Å²) in [5.41, 5.74) is 0.989. The van der Waals surface area contributed by atoms with Crippen molar-refractivity contribution in [2.24, 2.45) is 0 Å². The van der Waals surface area contributed by atoms with Gasteiger partial charge >= 0.3 is 5.97 Å². The molecule has 3 aromatic rings. The summed E-state index contributed by atoms with van der Waals surface area (Å²) >= 11 is 18.7. The van der Waals surface area contributed by atoms with E-state index in [-0.39, 0.29) is 26.3 Å². The van der Waals surface area contributed by atoms with E-state index in [1.165, 1.54) is 18.2 Å². The molecule has 6 nitrogen and oxygen atoms in total. The number of carboxylic acid groups (broad SMARTS) is 1. The third kappa shape index (κ3) is 4.87. The molecule has 1 aromatic heterocycles. The molecule has 1 heterocycles. The van der Waals surface area contributed by atoms with Crippen LogP contribution in [-0.4, -0.2) is 30.9 Å². The second kappa shape index (κ2) is 9.09. The number of nitrogens with zero attached hydrogens (tertiary/aromatic N) is 3. The fraction of sp³-hybridized carbons (Fsp3) is 0.105. The predicted octanol–water partition coefficient (Wildman–Crippen LogP) is 5.85. The molecule has 2 N–H and O–H groups in total. The maximum Gasteiger partial charge on any atom is 0.342 e. The average molecular weight is 471 g/mol. The molecule has 0 aliphatic heterocycles. The Labute approximate surface area is 185 Å². The number of thioether (sulfide) groups is 1. The quantitative estimate of drug-likeness (QED) is 0.347. The van der Waals surface area contributed by atoms with Gasteiger partial charge in [0.25, 0.3) is 0 Å². The van der Waals surface area contributed by atoms with Gasteiger partial charge in [0.1, 0.15) is 10.7 Å². The topological polar surface area (TPSA) is 88.2 Å². The Balaban J connectivity index is 2.00. The van der Waals surface area contributed by atoms with Gasteiger partial charge in [-0.3, -0.25) is 0 Å². The number of hydrogen-bond donors (Lipinski definition) is 2. The SMILES string of the molecule is CCn1c(S/C(=C\c2cc(Cl)cc(Cl)c2O)C(=O)O)nnc1-c1ccc(Cl)cc1. The van der Waals surface area contributed by atoms with Gasteiger partial charge in [-0.25, -0.2) is 4.79 Å². The molecule has 0 radical (unpaired) electrons. The summed E-state index contributed by atoms with van der Waals surface area (Å²) in [5, 5.41) is 29.4. The first-order valence-corrected chi connectivity index (χ1v) is 10.2. The molecule has 0 aliphatic carbocycles. The van der Waals surface area contributed by atoms with E-state index in [4.69, 9.17) is 34.8 Å². The number of rotatable bonds is 6. The van der Waals surface area contributed by atoms with Crippen molar-refractivity contribution in [1.82, 2.24) is 14.8 Å². The Bertz CT molecular complexity index is 1100. The highest BCUT2D eigenvalue weighted by Gasteiger charge is 2.19. The Morgan fingerprint density at radius 2 is 1.83 bits per heavy atom. The Hall–Kier alpha value is -2.19. The highest BCUT2D eigenvalue weighted by atomic mass is 35.5. The van der Waals surface area contributed by atoms with Gasteiger partial charge in [0.2, 0.25) is 0 Å². The number of phenols is 1. The molecule has 0 fully saturated rings. The molecule has 0 atom stereocenters. The van der Waals surface area contributed by atoms with Crippen LogP contribution in [0.25, 0.3) is 17.5 Å². The van der Waals surface area contributed by atoms with Crippen LogP contribution < -0.4 is 0 Å². The minimum atomic E-state index is -1.19. The van der Waals surface area contributed by atoms with Gasteiger partial charge in [-0.2, -0.15) is 0 Å². The van der Waals surface area contributed by atoms with E-state index in [0.717, 1.165) is 17.3 Å². The van der Waals surface area contributed by atoms with Crippen LogP contribution in [-0.2, 0) is 11.3 Å². The van der Waals surface area contributed by atoms with Crippen molar-refractivity contribution in [3.8, 4) is 17.1 Å². The number of aliphatic carboxylic acids is 1. The lowest BCUT2D eigenvalue weighted by atomic mass is 10.2. The molecule has 2 aromatic carbocycles. The first kappa shape index (κ1) is 21.5. The lowest BCUT2D eigenvalue weighted by molar-refractivity contribution is -0.131. The highest BCUT2D eigenvalue weighted by molar-refractivity contribution is 8.04. The van der Waals surface area contributed by atoms with E-state index < -0.39 is 5.97 Å². The van der Waals surface area contributed by atoms with E-state index in [1.807, 2.05) is 19.1 Å². The van der Waals surface area contributed by atoms with Crippen LogP contribution in [0.1, 0.15) is 12.5 Å². The Morgan fingerprint density at radius 3 is 2.45 bits per heavy atom. The summed E-state index contributed by atoms with van der Waals surface area (Å²) in [5.74, 6) is -0.858. The average Bonchev–Trinajstić information content (AvgIpc) is 3.08. The lowest BCUT2D eigenvalue weighted by Gasteiger charge is -2.08. The number of phenolic OH excluding ortho intramolecular Hbond substituents is 1. The van der Waals surface area contributed by atoms with Crippen molar-refractivity contribution in [1.29, 1.82) is 0 Å². The first-order chi connectivity index (χ1) is 13.8. The standard InChI is InChI=1S/C19H14Cl3N3O3S/c1-2-25-17(10-3-5-12(20)6-4-10)23-24-19(25)29-15(18(27)28)8-11-7-13(21)9-14(22)16(11)26/h3-9,26H,2H2,1H3,(H,27,28)/b15-8-. The van der Waals surface area contributed by atoms with Crippen molar-refractivity contribution >= 4 is 58.6 Å². The molecule has 29 heavy (non-hydrogen) atoms. The molecule has 10 heteroatoms. The number of aromatic hydroxyl groups is 1. The summed E-state index contributed by atoms with van der Waals surface area (Å²) < 4.78 is 1.79. The van der Waals surface area contributed by atoms with Gasteiger partial charge in [0.15, 0.2) is 11.0 Å². The zero-order valence-electron chi connectivity index (χ0n) is 14.9. The summed E-state index contributed by atoms with van der Waals surface area (Å²) in [6, 6.07) is 9.91. The van der Waals surface area contributed by atoms with Crippen LogP contribution in [0, 0.1) is 0 Å². The van der Waals surface area contributed by atoms with Crippen molar-refractivity contribution in [2.75, 3.05) is 0 Å². The van der Waals surface area contributed by atoms with Crippen LogP contribution >= 0.6 is 46.6 Å². The molecule has 0 unspecified atom stereocenters. The Kier molecular flexibility index (Phi) is 6.74. The minimum Gasteiger partial charge on any atom is -0.506 e. The molecular formula is C19H14Cl3N3O3S. The Morgan fingerprint density at radius 1 is 1.14 bits per heavy atom. The molecule has 0 aliphatic rings. The van der Waals surface area contributed by atoms with Gasteiger partial charge in [-0.1, -0.05) is 34.8 Å². The monoisotopic (exact) mass is 469 g/mol. The van der Waals surface area contributed by atoms with E-state index in [0.29, 0.717) is 22.5 Å². The van der Waals surface area contributed by atoms with Gasteiger partial charge in [-0.05, 0) is 61.2 Å². The smallest absolute Gasteiger partial charge is 0.342 e. The van der Waals surface area contributed by atoms with Crippen LogP contribution in [0.15, 0.2) is 46.5 Å². The second-order valence-corrected chi connectivity index (χ2v) is 8.09. The summed E-state index contributed by atoms with van der Waals surface area (Å²) in [6.45, 7) is 2.42. The van der Waals surface area contributed by atoms with Gasteiger partial charge in [0.05, 0.1) is 5.02 Å². The number of aromatic nitrogens is 3. The summed E-state index contributed by atoms with van der Waals surface area (Å²) in [4.78, 5) is 11.7. The number of benzene rings is 2. The largest absolute Gasteiger partial charge is 0.506 e. The number of carboxylic acids is 1. The molecule has 0 saturated carbocycles. The van der Waals surface area contributed by atoms with Crippen molar-refractivity contribution in [3.05, 3.63) is 61.9 Å². The van der Waals surface area contributed by atoms with E-state index in [2.05, 4.69) is 10.2 Å². The lowest BCUT2D eigenvalue weighted by Crippen LogP contribution is -2.02. The molecule has 3 rings (SSSR count). The van der Waals surface area contributed by atoms with Gasteiger partial charge < -0.3 is 14.8 Å². The maximum absolute atomic E-state index is 11.8. The van der Waals surface area contributed by atoms with Gasteiger partial charge in [-0.15, -0.1) is 10.2 Å². The molecule has 0 bridgehead atoms. The van der Waals surface area contributed by atoms with Gasteiger partial charge in [0, 0.05) is 27.7 Å². The maximum atomic E-state index is 11.8. The van der Waals surface area contributed by atoms with Crippen molar-refractivity contribution in [3.63, 3.8) is 0 Å². The number of hydrogen-bond acceptors (Lipinski definition) is 5. The third-order valence-electron chi connectivity index (χ3n) is 3.89. The summed E-state index contributed by atoms with van der Waals surface area (Å²) in [7, 11) is 0. The fourth-order valence-corrected chi connectivity index (χ4v) is 4.04. The highest BCUT2D eigenvalue weighted by Crippen LogP contribution is 2.36. The van der Waals surface area contributed by atoms with Crippen LogP contribution in [0.4, 0.5) is 0 Å². The van der Waals surface area contributed by atoms with Crippen molar-refractivity contribution in [2.45, 2.75) is 18.6 Å². The first-order valence-electron chi connectivity index (χ1n) is 8.30. The van der Waals surface area contributed by atoms with Crippen molar-refractivity contribution < 1.29 is 15.0 Å².